The van der Waals surface area contributed by atoms with Gasteiger partial charge >= 0.3 is 12.2 Å². The number of nitrogens with zero attached hydrogens (tertiary/aromatic N) is 2. The number of hydrogen-bond donors (Lipinski definition) is 4. The van der Waals surface area contributed by atoms with Crippen molar-refractivity contribution in [2.24, 2.45) is 0 Å². The van der Waals surface area contributed by atoms with Gasteiger partial charge in [0.05, 0.1) is 0 Å². The van der Waals surface area contributed by atoms with Crippen molar-refractivity contribution in [1.29, 1.82) is 0 Å². The fourth-order valence-electron chi connectivity index (χ4n) is 6.36. The van der Waals surface area contributed by atoms with Gasteiger partial charge in [-0.1, -0.05) is 18.2 Å². The molecule has 0 aromatic heterocycles. The molecule has 0 bridgehead atoms. The first-order valence-electron chi connectivity index (χ1n) is 13.8. The van der Waals surface area contributed by atoms with E-state index in [9.17, 15) is 20.0 Å². The maximum Gasteiger partial charge on any atom is 0.407 e. The number of hydroxylamine groups is 4. The van der Waals surface area contributed by atoms with Gasteiger partial charge in [-0.2, -0.15) is 10.1 Å². The largest absolute Gasteiger partial charge is 0.446 e. The van der Waals surface area contributed by atoms with Gasteiger partial charge < -0.3 is 30.5 Å². The molecular weight excluding hydrogens is 500 g/mol. The highest BCUT2D eigenvalue weighted by Gasteiger charge is 2.47. The predicted octanol–water partition coefficient (Wildman–Crippen LogP) is 5.27. The van der Waals surface area contributed by atoms with Gasteiger partial charge in [0.15, 0.2) is 0 Å². The lowest BCUT2D eigenvalue weighted by Crippen LogP contribution is -2.60. The molecule has 4 N–H and O–H groups in total. The maximum atomic E-state index is 12.6. The second-order valence-electron chi connectivity index (χ2n) is 13.7. The summed E-state index contributed by atoms with van der Waals surface area (Å²) in [5.74, 6) is 0. The van der Waals surface area contributed by atoms with Crippen LogP contribution in [0.15, 0.2) is 18.2 Å². The first-order valence-corrected chi connectivity index (χ1v) is 13.8. The Kier molecular flexibility index (Phi) is 8.97. The van der Waals surface area contributed by atoms with E-state index >= 15 is 0 Å². The predicted molar refractivity (Wildman–Crippen MR) is 147 cm³/mol. The molecule has 3 rings (SSSR count). The average Bonchev–Trinajstić information content (AvgIpc) is 2.78. The Hall–Kier alpha value is -2.40. The molecule has 0 aliphatic carbocycles. The van der Waals surface area contributed by atoms with Crippen molar-refractivity contribution in [2.75, 3.05) is 0 Å². The van der Waals surface area contributed by atoms with E-state index in [0.717, 1.165) is 16.7 Å². The Balaban J connectivity index is 1.51. The molecule has 2 saturated heterocycles. The van der Waals surface area contributed by atoms with E-state index in [2.05, 4.69) is 10.6 Å². The van der Waals surface area contributed by atoms with Crippen LogP contribution in [-0.4, -0.2) is 67.1 Å². The highest BCUT2D eigenvalue weighted by atomic mass is 16.6. The van der Waals surface area contributed by atoms with Gasteiger partial charge in [-0.05, 0) is 79.0 Å². The number of ether oxygens (including phenoxy) is 2. The van der Waals surface area contributed by atoms with E-state index in [-0.39, 0.29) is 12.2 Å². The van der Waals surface area contributed by atoms with E-state index in [0.29, 0.717) is 38.8 Å². The molecule has 10 heteroatoms. The van der Waals surface area contributed by atoms with E-state index in [4.69, 9.17) is 9.47 Å². The monoisotopic (exact) mass is 548 g/mol. The maximum absolute atomic E-state index is 12.6. The lowest BCUT2D eigenvalue weighted by molar-refractivity contribution is -0.256. The van der Waals surface area contributed by atoms with E-state index < -0.39 is 34.3 Å². The standard InChI is InChI=1S/C29H48N4O6/c1-19-20(17-30-24(34)38-22-13-26(2,3)32(36)27(4,5)14-22)11-10-12-21(19)18-31-25(35)39-23-15-28(6,7)33(37)29(8,9)16-23/h10-12,22-23,36-37H,13-18H2,1-9H3,(H,30,34)(H,31,35). The van der Waals surface area contributed by atoms with Crippen LogP contribution >= 0.6 is 0 Å². The molecule has 2 fully saturated rings. The SMILES string of the molecule is Cc1c(CNC(=O)OC2CC(C)(C)N(O)C(C)(C)C2)cccc1CNC(=O)OC1CC(C)(C)N(O)C(C)(C)C1. The van der Waals surface area contributed by atoms with Gasteiger partial charge in [0.2, 0.25) is 0 Å². The zero-order valence-corrected chi connectivity index (χ0v) is 25.1. The summed E-state index contributed by atoms with van der Waals surface area (Å²) in [5, 5.41) is 29.3. The molecule has 10 nitrogen and oxygen atoms in total. The molecule has 2 aliphatic heterocycles. The van der Waals surface area contributed by atoms with Crippen molar-refractivity contribution in [3.05, 3.63) is 34.9 Å². The second-order valence-corrected chi connectivity index (χ2v) is 13.7. The highest BCUT2D eigenvalue weighted by Crippen LogP contribution is 2.39. The Bertz CT molecular complexity index is 940. The number of carbonyl (C=O) groups excluding carboxylic acids is 2. The Labute approximate surface area is 232 Å². The molecule has 0 unspecified atom stereocenters. The molecule has 2 aliphatic rings. The van der Waals surface area contributed by atoms with E-state index in [1.807, 2.05) is 80.5 Å². The first-order chi connectivity index (χ1) is 17.8. The molecule has 39 heavy (non-hydrogen) atoms. The van der Waals surface area contributed by atoms with Crippen molar-refractivity contribution in [3.8, 4) is 0 Å². The Morgan fingerprint density at radius 1 is 0.744 bits per heavy atom. The molecule has 2 heterocycles. The molecule has 0 saturated carbocycles. The Morgan fingerprint density at radius 2 is 1.05 bits per heavy atom. The smallest absolute Gasteiger partial charge is 0.407 e. The van der Waals surface area contributed by atoms with E-state index in [1.54, 1.807) is 0 Å². The Morgan fingerprint density at radius 3 is 1.36 bits per heavy atom. The topological polar surface area (TPSA) is 124 Å². The number of nitrogens with one attached hydrogen (secondary N) is 2. The van der Waals surface area contributed by atoms with Crippen molar-refractivity contribution in [1.82, 2.24) is 20.8 Å². The van der Waals surface area contributed by atoms with Gasteiger partial charge in [-0.15, -0.1) is 0 Å². The molecule has 0 radical (unpaired) electrons. The third-order valence-corrected chi connectivity index (χ3v) is 8.15. The van der Waals surface area contributed by atoms with E-state index in [1.165, 1.54) is 10.1 Å². The molecule has 220 valence electrons. The minimum absolute atomic E-state index is 0.290. The third-order valence-electron chi connectivity index (χ3n) is 8.15. The molecule has 0 atom stereocenters. The number of rotatable bonds is 6. The molecular formula is C29H48N4O6. The van der Waals surface area contributed by atoms with Crippen LogP contribution in [0.3, 0.4) is 0 Å². The normalized spacial score (nSPS) is 23.2. The van der Waals surface area contributed by atoms with Crippen molar-refractivity contribution in [3.63, 3.8) is 0 Å². The number of benzene rings is 1. The van der Waals surface area contributed by atoms with Gasteiger partial charge in [-0.25, -0.2) is 9.59 Å². The van der Waals surface area contributed by atoms with Crippen molar-refractivity contribution >= 4 is 12.2 Å². The zero-order valence-electron chi connectivity index (χ0n) is 25.1. The summed E-state index contributed by atoms with van der Waals surface area (Å²) < 4.78 is 11.4. The van der Waals surface area contributed by atoms with Crippen LogP contribution in [0.25, 0.3) is 0 Å². The summed E-state index contributed by atoms with van der Waals surface area (Å²) in [5.41, 5.74) is 0.782. The van der Waals surface area contributed by atoms with Gasteiger partial charge in [-0.3, -0.25) is 0 Å². The molecule has 1 aromatic carbocycles. The van der Waals surface area contributed by atoms with Crippen LogP contribution in [0.2, 0.25) is 0 Å². The first kappa shape index (κ1) is 31.1. The molecule has 2 amide bonds. The minimum Gasteiger partial charge on any atom is -0.446 e. The van der Waals surface area contributed by atoms with Gasteiger partial charge in [0.25, 0.3) is 0 Å². The van der Waals surface area contributed by atoms with Crippen LogP contribution in [0.1, 0.15) is 97.8 Å². The average molecular weight is 549 g/mol. The number of alkyl carbamates (subject to hydrolysis) is 2. The fraction of sp³-hybridized carbons (Fsp3) is 0.724. The lowest BCUT2D eigenvalue weighted by atomic mass is 9.80. The van der Waals surface area contributed by atoms with Crippen molar-refractivity contribution < 1.29 is 29.5 Å². The summed E-state index contributed by atoms with van der Waals surface area (Å²) in [6.07, 6.45) is 0.530. The van der Waals surface area contributed by atoms with Crippen LogP contribution in [0.5, 0.6) is 0 Å². The number of amides is 2. The van der Waals surface area contributed by atoms with Crippen LogP contribution in [-0.2, 0) is 22.6 Å². The van der Waals surface area contributed by atoms with Crippen LogP contribution in [0.4, 0.5) is 9.59 Å². The second kappa shape index (κ2) is 11.2. The minimum atomic E-state index is -0.506. The summed E-state index contributed by atoms with van der Waals surface area (Å²) in [4.78, 5) is 25.2. The zero-order chi connectivity index (χ0) is 29.4. The summed E-state index contributed by atoms with van der Waals surface area (Å²) in [6.45, 7) is 18.0. The number of hydrogen-bond acceptors (Lipinski definition) is 8. The summed E-state index contributed by atoms with van der Waals surface area (Å²) >= 11 is 0. The van der Waals surface area contributed by atoms with Gasteiger partial charge in [0, 0.05) is 60.9 Å². The summed E-state index contributed by atoms with van der Waals surface area (Å²) in [6, 6.07) is 5.75. The lowest BCUT2D eigenvalue weighted by Gasteiger charge is -2.50. The van der Waals surface area contributed by atoms with Crippen LogP contribution < -0.4 is 10.6 Å². The summed E-state index contributed by atoms with van der Waals surface area (Å²) in [7, 11) is 0. The molecule has 0 spiro atoms. The fourth-order valence-corrected chi connectivity index (χ4v) is 6.36. The van der Waals surface area contributed by atoms with Crippen molar-refractivity contribution in [2.45, 2.75) is 135 Å². The van der Waals surface area contributed by atoms with Crippen LogP contribution in [0, 0.1) is 6.92 Å². The molecule has 1 aromatic rings. The highest BCUT2D eigenvalue weighted by molar-refractivity contribution is 5.68. The third kappa shape index (κ3) is 7.42. The van der Waals surface area contributed by atoms with Gasteiger partial charge in [0.1, 0.15) is 12.2 Å². The quantitative estimate of drug-likeness (QED) is 0.379. The number of carbonyl (C=O) groups is 2. The number of piperidine rings is 2.